The first-order chi connectivity index (χ1) is 16.8. The molecule has 0 atom stereocenters. The number of nitrogens with zero attached hydrogens (tertiary/aromatic N) is 4. The lowest BCUT2D eigenvalue weighted by Gasteiger charge is -2.14. The zero-order chi connectivity index (χ0) is 25.4. The van der Waals surface area contributed by atoms with Gasteiger partial charge in [0.1, 0.15) is 29.5 Å². The summed E-state index contributed by atoms with van der Waals surface area (Å²) in [5.41, 5.74) is -0.968. The number of nitriles is 2. The van der Waals surface area contributed by atoms with Crippen molar-refractivity contribution in [3.63, 3.8) is 0 Å². The number of anilines is 1. The first-order valence-corrected chi connectivity index (χ1v) is 11.4. The third-order valence-electron chi connectivity index (χ3n) is 4.63. The summed E-state index contributed by atoms with van der Waals surface area (Å²) in [4.78, 5) is 8.37. The minimum absolute atomic E-state index is 0.0431. The predicted octanol–water partition coefficient (Wildman–Crippen LogP) is 5.83. The molecule has 0 saturated heterocycles. The standard InChI is InChI=1S/C24H20F3N5O2S/c1-3-10-33-16-7-5-15(6-8-16)19-12-18(24(25,26)27)17(13-28)23(32-19)35-11-9-30-22-20(14-29)31-21(4-2)34-22/h3,5-8,12,30H,1,4,9-11H2,2H3. The molecule has 0 aliphatic rings. The van der Waals surface area contributed by atoms with Crippen LogP contribution in [-0.2, 0) is 12.6 Å². The van der Waals surface area contributed by atoms with Gasteiger partial charge in [-0.2, -0.15) is 23.7 Å². The van der Waals surface area contributed by atoms with Crippen LogP contribution in [0.5, 0.6) is 5.75 Å². The van der Waals surface area contributed by atoms with Gasteiger partial charge in [-0.15, -0.1) is 11.8 Å². The van der Waals surface area contributed by atoms with Crippen LogP contribution in [0.3, 0.4) is 0 Å². The van der Waals surface area contributed by atoms with Crippen LogP contribution < -0.4 is 10.1 Å². The Labute approximate surface area is 204 Å². The van der Waals surface area contributed by atoms with Gasteiger partial charge in [-0.1, -0.05) is 19.6 Å². The van der Waals surface area contributed by atoms with Gasteiger partial charge < -0.3 is 14.5 Å². The maximum absolute atomic E-state index is 13.8. The molecule has 0 aliphatic heterocycles. The molecule has 0 unspecified atom stereocenters. The molecule has 3 rings (SSSR count). The van der Waals surface area contributed by atoms with E-state index in [0.717, 1.165) is 17.8 Å². The van der Waals surface area contributed by atoms with E-state index in [4.69, 9.17) is 14.4 Å². The highest BCUT2D eigenvalue weighted by atomic mass is 32.2. The first-order valence-electron chi connectivity index (χ1n) is 10.4. The van der Waals surface area contributed by atoms with Gasteiger partial charge >= 0.3 is 6.18 Å². The fraction of sp³-hybridized carbons (Fsp3) is 0.250. The summed E-state index contributed by atoms with van der Waals surface area (Å²) in [7, 11) is 0. The number of benzene rings is 1. The monoisotopic (exact) mass is 499 g/mol. The number of pyridine rings is 1. The Morgan fingerprint density at radius 1 is 1.20 bits per heavy atom. The van der Waals surface area contributed by atoms with Crippen molar-refractivity contribution >= 4 is 17.6 Å². The molecule has 0 amide bonds. The number of halogens is 3. The highest BCUT2D eigenvalue weighted by molar-refractivity contribution is 7.99. The maximum atomic E-state index is 13.8. The Balaban J connectivity index is 1.84. The lowest BCUT2D eigenvalue weighted by molar-refractivity contribution is -0.138. The third kappa shape index (κ3) is 6.34. The zero-order valence-corrected chi connectivity index (χ0v) is 19.5. The number of aryl methyl sites for hydroxylation is 1. The van der Waals surface area contributed by atoms with Crippen molar-refractivity contribution < 1.29 is 22.3 Å². The van der Waals surface area contributed by atoms with Crippen LogP contribution in [-0.4, -0.2) is 28.9 Å². The molecule has 0 spiro atoms. The maximum Gasteiger partial charge on any atom is 0.417 e. The van der Waals surface area contributed by atoms with Crippen LogP contribution >= 0.6 is 11.8 Å². The molecule has 0 bridgehead atoms. The molecule has 1 aromatic carbocycles. The Bertz CT molecular complexity index is 1270. The third-order valence-corrected chi connectivity index (χ3v) is 5.60. The van der Waals surface area contributed by atoms with Gasteiger partial charge in [-0.3, -0.25) is 0 Å². The molecule has 0 fully saturated rings. The summed E-state index contributed by atoms with van der Waals surface area (Å²) < 4.78 is 52.1. The van der Waals surface area contributed by atoms with Gasteiger partial charge in [0.15, 0.2) is 5.89 Å². The number of hydrogen-bond donors (Lipinski definition) is 1. The van der Waals surface area contributed by atoms with Gasteiger partial charge in [-0.25, -0.2) is 9.97 Å². The smallest absolute Gasteiger partial charge is 0.417 e. The number of hydrogen-bond acceptors (Lipinski definition) is 8. The van der Waals surface area contributed by atoms with E-state index in [1.807, 2.05) is 13.0 Å². The number of rotatable bonds is 10. The molecular weight excluding hydrogens is 479 g/mol. The normalized spacial score (nSPS) is 10.9. The molecule has 11 heteroatoms. The van der Waals surface area contributed by atoms with E-state index in [1.54, 1.807) is 36.4 Å². The van der Waals surface area contributed by atoms with Crippen LogP contribution in [0.2, 0.25) is 0 Å². The van der Waals surface area contributed by atoms with Crippen LogP contribution in [0.1, 0.15) is 29.6 Å². The van der Waals surface area contributed by atoms with Gasteiger partial charge in [0.05, 0.1) is 16.8 Å². The Hall–Kier alpha value is -3.96. The SMILES string of the molecule is C=CCOc1ccc(-c2cc(C(F)(F)F)c(C#N)c(SCCNc3oc(CC)nc3C#N)n2)cc1. The van der Waals surface area contributed by atoms with Crippen molar-refractivity contribution in [2.24, 2.45) is 0 Å². The fourth-order valence-electron chi connectivity index (χ4n) is 3.01. The van der Waals surface area contributed by atoms with Crippen molar-refractivity contribution in [2.45, 2.75) is 24.5 Å². The zero-order valence-electron chi connectivity index (χ0n) is 18.6. The van der Waals surface area contributed by atoms with Crippen LogP contribution in [0, 0.1) is 22.7 Å². The molecule has 2 heterocycles. The van der Waals surface area contributed by atoms with Crippen molar-refractivity contribution in [1.82, 2.24) is 9.97 Å². The Morgan fingerprint density at radius 3 is 2.54 bits per heavy atom. The van der Waals surface area contributed by atoms with Gasteiger partial charge in [0.2, 0.25) is 11.6 Å². The molecule has 2 aromatic heterocycles. The number of alkyl halides is 3. The molecule has 35 heavy (non-hydrogen) atoms. The topological polar surface area (TPSA) is 108 Å². The summed E-state index contributed by atoms with van der Waals surface area (Å²) in [5.74, 6) is 1.38. The highest BCUT2D eigenvalue weighted by Crippen LogP contribution is 2.38. The quantitative estimate of drug-likeness (QED) is 0.211. The van der Waals surface area contributed by atoms with E-state index in [0.29, 0.717) is 30.2 Å². The largest absolute Gasteiger partial charge is 0.490 e. The van der Waals surface area contributed by atoms with Gasteiger partial charge in [0, 0.05) is 24.3 Å². The second-order valence-corrected chi connectivity index (χ2v) is 8.08. The summed E-state index contributed by atoms with van der Waals surface area (Å²) in [5, 5.41) is 21.5. The van der Waals surface area contributed by atoms with Crippen LogP contribution in [0.4, 0.5) is 19.1 Å². The lowest BCUT2D eigenvalue weighted by Crippen LogP contribution is -2.11. The molecule has 1 N–H and O–H groups in total. The molecule has 0 saturated carbocycles. The van der Waals surface area contributed by atoms with E-state index in [-0.39, 0.29) is 34.6 Å². The minimum Gasteiger partial charge on any atom is -0.490 e. The van der Waals surface area contributed by atoms with Crippen LogP contribution in [0.15, 0.2) is 52.4 Å². The van der Waals surface area contributed by atoms with E-state index >= 15 is 0 Å². The molecule has 3 aromatic rings. The van der Waals surface area contributed by atoms with E-state index in [1.165, 1.54) is 0 Å². The van der Waals surface area contributed by atoms with Crippen molar-refractivity contribution in [2.75, 3.05) is 24.2 Å². The molecule has 7 nitrogen and oxygen atoms in total. The molecule has 180 valence electrons. The number of ether oxygens (including phenoxy) is 1. The molecule has 0 radical (unpaired) electrons. The summed E-state index contributed by atoms with van der Waals surface area (Å²) in [6.45, 7) is 5.93. The predicted molar refractivity (Wildman–Crippen MR) is 125 cm³/mol. The summed E-state index contributed by atoms with van der Waals surface area (Å²) in [6, 6.07) is 10.9. The highest BCUT2D eigenvalue weighted by Gasteiger charge is 2.36. The molecular formula is C24H20F3N5O2S. The summed E-state index contributed by atoms with van der Waals surface area (Å²) in [6.07, 6.45) is -2.65. The van der Waals surface area contributed by atoms with Crippen molar-refractivity contribution in [3.05, 3.63) is 65.7 Å². The number of oxazole rings is 1. The Kier molecular flexibility index (Phi) is 8.39. The van der Waals surface area contributed by atoms with E-state index < -0.39 is 17.3 Å². The lowest BCUT2D eigenvalue weighted by atomic mass is 10.1. The first kappa shape index (κ1) is 25.7. The second kappa shape index (κ2) is 11.4. The second-order valence-electron chi connectivity index (χ2n) is 6.99. The number of nitrogens with one attached hydrogen (secondary N) is 1. The summed E-state index contributed by atoms with van der Waals surface area (Å²) >= 11 is 0.993. The van der Waals surface area contributed by atoms with Crippen LogP contribution in [0.25, 0.3) is 11.3 Å². The average Bonchev–Trinajstić information content (AvgIpc) is 3.27. The minimum atomic E-state index is -4.73. The van der Waals surface area contributed by atoms with Crippen molar-refractivity contribution in [3.8, 4) is 29.1 Å². The van der Waals surface area contributed by atoms with Gasteiger partial charge in [-0.05, 0) is 30.3 Å². The molecule has 0 aliphatic carbocycles. The van der Waals surface area contributed by atoms with E-state index in [9.17, 15) is 18.4 Å². The van der Waals surface area contributed by atoms with Crippen molar-refractivity contribution in [1.29, 1.82) is 10.5 Å². The number of thioether (sulfide) groups is 1. The number of aromatic nitrogens is 2. The average molecular weight is 500 g/mol. The van der Waals surface area contributed by atoms with Gasteiger partial charge in [0.25, 0.3) is 0 Å². The van der Waals surface area contributed by atoms with E-state index in [2.05, 4.69) is 21.9 Å². The Morgan fingerprint density at radius 2 is 1.94 bits per heavy atom. The fourth-order valence-corrected chi connectivity index (χ4v) is 3.87.